The summed E-state index contributed by atoms with van der Waals surface area (Å²) in [5.74, 6) is -2.61. The molecule has 0 fully saturated rings. The van der Waals surface area contributed by atoms with Gasteiger partial charge in [0.1, 0.15) is 24.2 Å². The van der Waals surface area contributed by atoms with Gasteiger partial charge in [-0.05, 0) is 48.6 Å². The largest absolute Gasteiger partial charge is 0.480 e. The number of carboxylic acids is 1. The first-order chi connectivity index (χ1) is 19.1. The summed E-state index contributed by atoms with van der Waals surface area (Å²) in [5.41, 5.74) is 3.68. The molecule has 0 bridgehead atoms. The van der Waals surface area contributed by atoms with Crippen molar-refractivity contribution in [3.63, 3.8) is 0 Å². The Morgan fingerprint density at radius 2 is 1.40 bits per heavy atom. The number of fused-ring (bicyclic) bond motifs is 3. The van der Waals surface area contributed by atoms with Gasteiger partial charge >= 0.3 is 12.1 Å². The van der Waals surface area contributed by atoms with Crippen LogP contribution >= 0.6 is 0 Å². The first-order valence-corrected chi connectivity index (χ1v) is 13.1. The van der Waals surface area contributed by atoms with Gasteiger partial charge in [-0.15, -0.1) is 0 Å². The number of carbonyl (C=O) groups excluding carboxylic acids is 3. The van der Waals surface area contributed by atoms with E-state index in [1.54, 1.807) is 24.3 Å². The molecule has 0 unspecified atom stereocenters. The average Bonchev–Trinajstić information content (AvgIpc) is 3.25. The summed E-state index contributed by atoms with van der Waals surface area (Å²) in [6.07, 6.45) is -0.642. The van der Waals surface area contributed by atoms with Crippen LogP contribution in [0.25, 0.3) is 11.1 Å². The highest BCUT2D eigenvalue weighted by atomic mass is 16.5. The maximum absolute atomic E-state index is 13.2. The van der Waals surface area contributed by atoms with E-state index < -0.39 is 41.5 Å². The molecule has 0 saturated heterocycles. The van der Waals surface area contributed by atoms with Gasteiger partial charge in [0.05, 0.1) is 0 Å². The van der Waals surface area contributed by atoms with Gasteiger partial charge in [0.15, 0.2) is 0 Å². The van der Waals surface area contributed by atoms with Crippen LogP contribution in [0.3, 0.4) is 0 Å². The van der Waals surface area contributed by atoms with Gasteiger partial charge in [-0.2, -0.15) is 0 Å². The topological polar surface area (TPSA) is 134 Å². The molecule has 0 aromatic heterocycles. The third-order valence-corrected chi connectivity index (χ3v) is 6.96. The van der Waals surface area contributed by atoms with Crippen molar-refractivity contribution in [3.8, 4) is 11.1 Å². The standard InChI is InChI=1S/C31H33N3O6/c1-19(28(36)37)32-27(35)26(17-20-11-5-4-6-12-20)33-29(38)31(2,3)34-30(39)40-18-25-23-15-9-7-13-21(23)22-14-8-10-16-24(22)25/h4-16,19,25-26H,17-18H2,1-3H3,(H,32,35)(H,33,38)(H,34,39)(H,36,37)/t19-,26-/m0/s1. The number of alkyl carbamates (subject to hydrolysis) is 1. The molecular weight excluding hydrogens is 510 g/mol. The second kappa shape index (κ2) is 12.0. The van der Waals surface area contributed by atoms with Crippen molar-refractivity contribution in [3.05, 3.63) is 95.6 Å². The summed E-state index contributed by atoms with van der Waals surface area (Å²) in [6.45, 7) is 4.43. The van der Waals surface area contributed by atoms with Crippen molar-refractivity contribution in [2.45, 2.75) is 50.7 Å². The number of benzene rings is 3. The van der Waals surface area contributed by atoms with Crippen LogP contribution in [0.1, 0.15) is 43.4 Å². The van der Waals surface area contributed by atoms with Gasteiger partial charge < -0.3 is 25.8 Å². The van der Waals surface area contributed by atoms with Crippen molar-refractivity contribution in [2.75, 3.05) is 6.61 Å². The lowest BCUT2D eigenvalue weighted by atomic mass is 9.98. The number of ether oxygens (including phenoxy) is 1. The number of hydrogen-bond donors (Lipinski definition) is 4. The van der Waals surface area contributed by atoms with Crippen molar-refractivity contribution in [2.24, 2.45) is 0 Å². The van der Waals surface area contributed by atoms with E-state index in [1.807, 2.05) is 54.6 Å². The van der Waals surface area contributed by atoms with Crippen LogP contribution < -0.4 is 16.0 Å². The van der Waals surface area contributed by atoms with Crippen molar-refractivity contribution < 1.29 is 29.0 Å². The Morgan fingerprint density at radius 3 is 1.98 bits per heavy atom. The maximum atomic E-state index is 13.2. The van der Waals surface area contributed by atoms with Crippen molar-refractivity contribution in [1.29, 1.82) is 0 Å². The van der Waals surface area contributed by atoms with E-state index in [0.717, 1.165) is 27.8 Å². The molecule has 0 heterocycles. The molecule has 3 aromatic carbocycles. The second-order valence-corrected chi connectivity index (χ2v) is 10.4. The number of aliphatic carboxylic acids is 1. The van der Waals surface area contributed by atoms with E-state index >= 15 is 0 Å². The fourth-order valence-electron chi connectivity index (χ4n) is 4.72. The minimum Gasteiger partial charge on any atom is -0.480 e. The zero-order valence-electron chi connectivity index (χ0n) is 22.6. The second-order valence-electron chi connectivity index (χ2n) is 10.4. The molecule has 1 aliphatic carbocycles. The van der Waals surface area contributed by atoms with Gasteiger partial charge in [0.25, 0.3) is 0 Å². The molecule has 0 radical (unpaired) electrons. The van der Waals surface area contributed by atoms with E-state index in [0.29, 0.717) is 0 Å². The molecule has 3 amide bonds. The smallest absolute Gasteiger partial charge is 0.408 e. The number of nitrogens with one attached hydrogen (secondary N) is 3. The first kappa shape index (κ1) is 28.4. The fraction of sp³-hybridized carbons (Fsp3) is 0.290. The summed E-state index contributed by atoms with van der Waals surface area (Å²) in [4.78, 5) is 50.2. The van der Waals surface area contributed by atoms with Crippen molar-refractivity contribution >= 4 is 23.9 Å². The molecule has 0 aliphatic heterocycles. The predicted molar refractivity (Wildman–Crippen MR) is 150 cm³/mol. The van der Waals surface area contributed by atoms with Crippen molar-refractivity contribution in [1.82, 2.24) is 16.0 Å². The number of carboxylic acid groups (broad SMARTS) is 1. The van der Waals surface area contributed by atoms with Crippen LogP contribution in [0, 0.1) is 0 Å². The lowest BCUT2D eigenvalue weighted by Gasteiger charge is -2.28. The molecule has 0 saturated carbocycles. The van der Waals surface area contributed by atoms with Crippen LogP contribution in [-0.2, 0) is 25.5 Å². The highest BCUT2D eigenvalue weighted by molar-refractivity contribution is 5.94. The monoisotopic (exact) mass is 543 g/mol. The summed E-state index contributed by atoms with van der Waals surface area (Å²) in [6, 6.07) is 22.8. The minimum absolute atomic E-state index is 0.0870. The van der Waals surface area contributed by atoms with E-state index in [9.17, 15) is 24.3 Å². The van der Waals surface area contributed by atoms with Crippen LogP contribution in [0.2, 0.25) is 0 Å². The Hall–Kier alpha value is -4.66. The predicted octanol–water partition coefficient (Wildman–Crippen LogP) is 3.62. The SMILES string of the molecule is C[C@H](NC(=O)[C@H](Cc1ccccc1)NC(=O)C(C)(C)NC(=O)OCC1c2ccccc2-c2ccccc21)C(=O)O. The Labute approximate surface area is 232 Å². The van der Waals surface area contributed by atoms with E-state index in [2.05, 4.69) is 16.0 Å². The molecular formula is C31H33N3O6. The highest BCUT2D eigenvalue weighted by Crippen LogP contribution is 2.44. The third kappa shape index (κ3) is 6.48. The Morgan fingerprint density at radius 1 is 0.850 bits per heavy atom. The zero-order valence-corrected chi connectivity index (χ0v) is 22.6. The molecule has 3 aromatic rings. The van der Waals surface area contributed by atoms with Crippen LogP contribution in [0.15, 0.2) is 78.9 Å². The molecule has 40 heavy (non-hydrogen) atoms. The highest BCUT2D eigenvalue weighted by Gasteiger charge is 2.35. The van der Waals surface area contributed by atoms with Gasteiger partial charge in [-0.1, -0.05) is 78.9 Å². The van der Waals surface area contributed by atoms with Crippen LogP contribution in [0.4, 0.5) is 4.79 Å². The Bertz CT molecular complexity index is 1360. The van der Waals surface area contributed by atoms with Crippen LogP contribution in [-0.4, -0.2) is 53.2 Å². The average molecular weight is 544 g/mol. The molecule has 208 valence electrons. The lowest BCUT2D eigenvalue weighted by molar-refractivity contribution is -0.141. The van der Waals surface area contributed by atoms with Gasteiger partial charge in [0.2, 0.25) is 11.8 Å². The molecule has 0 spiro atoms. The normalized spacial score (nSPS) is 13.8. The summed E-state index contributed by atoms with van der Waals surface area (Å²) in [7, 11) is 0. The summed E-state index contributed by atoms with van der Waals surface area (Å²) < 4.78 is 5.58. The van der Waals surface area contributed by atoms with E-state index in [4.69, 9.17) is 4.74 Å². The van der Waals surface area contributed by atoms with E-state index in [1.165, 1.54) is 20.8 Å². The first-order valence-electron chi connectivity index (χ1n) is 13.1. The number of carbonyl (C=O) groups is 4. The molecule has 2 atom stereocenters. The molecule has 4 N–H and O–H groups in total. The Balaban J connectivity index is 1.41. The summed E-state index contributed by atoms with van der Waals surface area (Å²) >= 11 is 0. The number of amides is 3. The quantitative estimate of drug-likeness (QED) is 0.309. The number of hydrogen-bond acceptors (Lipinski definition) is 5. The van der Waals surface area contributed by atoms with Gasteiger partial charge in [-0.3, -0.25) is 14.4 Å². The van der Waals surface area contributed by atoms with Gasteiger partial charge in [-0.25, -0.2) is 4.79 Å². The minimum atomic E-state index is -1.43. The fourth-order valence-corrected chi connectivity index (χ4v) is 4.72. The summed E-state index contributed by atoms with van der Waals surface area (Å²) in [5, 5.41) is 16.8. The Kier molecular flexibility index (Phi) is 8.52. The number of rotatable bonds is 10. The molecule has 9 nitrogen and oxygen atoms in total. The van der Waals surface area contributed by atoms with E-state index in [-0.39, 0.29) is 18.9 Å². The zero-order chi connectivity index (χ0) is 28.9. The molecule has 1 aliphatic rings. The maximum Gasteiger partial charge on any atom is 0.408 e. The third-order valence-electron chi connectivity index (χ3n) is 6.96. The lowest BCUT2D eigenvalue weighted by Crippen LogP contribution is -2.60. The van der Waals surface area contributed by atoms with Crippen LogP contribution in [0.5, 0.6) is 0 Å². The molecule has 4 rings (SSSR count). The van der Waals surface area contributed by atoms with Gasteiger partial charge in [0, 0.05) is 12.3 Å². The molecule has 9 heteroatoms.